The molecule has 0 bridgehead atoms. The SMILES string of the molecule is CCNC(=NCc1cccnc1OCC)NCCc1ccc(OC)cc1.I. The number of rotatable bonds is 9. The molecule has 0 radical (unpaired) electrons. The zero-order chi connectivity index (χ0) is 18.6. The summed E-state index contributed by atoms with van der Waals surface area (Å²) in [5.41, 5.74) is 2.22. The van der Waals surface area contributed by atoms with Gasteiger partial charge in [-0.05, 0) is 44.0 Å². The molecule has 7 heteroatoms. The molecule has 1 aromatic carbocycles. The number of guanidine groups is 1. The first-order chi connectivity index (χ1) is 12.8. The third-order valence-electron chi connectivity index (χ3n) is 3.75. The van der Waals surface area contributed by atoms with Crippen molar-refractivity contribution in [3.63, 3.8) is 0 Å². The summed E-state index contributed by atoms with van der Waals surface area (Å²) in [6.45, 7) is 6.71. The van der Waals surface area contributed by atoms with E-state index in [0.29, 0.717) is 19.0 Å². The molecule has 0 atom stereocenters. The average Bonchev–Trinajstić information content (AvgIpc) is 2.68. The van der Waals surface area contributed by atoms with Gasteiger partial charge >= 0.3 is 0 Å². The normalized spacial score (nSPS) is 10.7. The molecule has 0 saturated heterocycles. The molecule has 0 unspecified atom stereocenters. The molecule has 27 heavy (non-hydrogen) atoms. The lowest BCUT2D eigenvalue weighted by molar-refractivity contribution is 0.323. The quantitative estimate of drug-likeness (QED) is 0.325. The highest BCUT2D eigenvalue weighted by atomic mass is 127. The van der Waals surface area contributed by atoms with E-state index < -0.39 is 0 Å². The van der Waals surface area contributed by atoms with Crippen molar-refractivity contribution in [2.75, 3.05) is 26.8 Å². The minimum atomic E-state index is 0. The summed E-state index contributed by atoms with van der Waals surface area (Å²) in [5.74, 6) is 2.30. The number of hydrogen-bond acceptors (Lipinski definition) is 4. The Balaban J connectivity index is 0.00000364. The Morgan fingerprint density at radius 1 is 1.11 bits per heavy atom. The van der Waals surface area contributed by atoms with Crippen LogP contribution in [0, 0.1) is 0 Å². The Morgan fingerprint density at radius 3 is 2.56 bits per heavy atom. The molecule has 1 aromatic heterocycles. The second-order valence-electron chi connectivity index (χ2n) is 5.62. The van der Waals surface area contributed by atoms with E-state index in [1.807, 2.05) is 31.2 Å². The van der Waals surface area contributed by atoms with E-state index in [2.05, 4.69) is 39.7 Å². The molecule has 2 N–H and O–H groups in total. The maximum Gasteiger partial charge on any atom is 0.218 e. The summed E-state index contributed by atoms with van der Waals surface area (Å²) in [6, 6.07) is 12.0. The average molecular weight is 484 g/mol. The first-order valence-corrected chi connectivity index (χ1v) is 8.98. The van der Waals surface area contributed by atoms with Crippen molar-refractivity contribution in [1.29, 1.82) is 0 Å². The Bertz CT molecular complexity index is 693. The second kappa shape index (κ2) is 13.2. The number of nitrogens with one attached hydrogen (secondary N) is 2. The van der Waals surface area contributed by atoms with Gasteiger partial charge in [-0.25, -0.2) is 9.98 Å². The maximum absolute atomic E-state index is 5.56. The van der Waals surface area contributed by atoms with Gasteiger partial charge in [0.15, 0.2) is 5.96 Å². The largest absolute Gasteiger partial charge is 0.497 e. The minimum absolute atomic E-state index is 0. The van der Waals surface area contributed by atoms with Gasteiger partial charge in [0, 0.05) is 24.8 Å². The molecule has 0 aliphatic rings. The monoisotopic (exact) mass is 484 g/mol. The smallest absolute Gasteiger partial charge is 0.218 e. The fourth-order valence-electron chi connectivity index (χ4n) is 2.43. The number of benzene rings is 1. The molecule has 1 heterocycles. The highest BCUT2D eigenvalue weighted by molar-refractivity contribution is 14.0. The van der Waals surface area contributed by atoms with E-state index >= 15 is 0 Å². The van der Waals surface area contributed by atoms with Crippen LogP contribution in [0.15, 0.2) is 47.6 Å². The first-order valence-electron chi connectivity index (χ1n) is 8.98. The lowest BCUT2D eigenvalue weighted by Gasteiger charge is -2.12. The van der Waals surface area contributed by atoms with Gasteiger partial charge in [0.2, 0.25) is 5.88 Å². The molecule has 6 nitrogen and oxygen atoms in total. The van der Waals surface area contributed by atoms with Crippen molar-refractivity contribution in [2.24, 2.45) is 4.99 Å². The van der Waals surface area contributed by atoms with Crippen LogP contribution in [0.1, 0.15) is 25.0 Å². The molecule has 0 amide bonds. The van der Waals surface area contributed by atoms with Crippen molar-refractivity contribution in [3.05, 3.63) is 53.7 Å². The molecule has 0 aliphatic carbocycles. The summed E-state index contributed by atoms with van der Waals surface area (Å²) in [4.78, 5) is 8.91. The highest BCUT2D eigenvalue weighted by Crippen LogP contribution is 2.15. The molecule has 0 saturated carbocycles. The van der Waals surface area contributed by atoms with Crippen LogP contribution in [-0.2, 0) is 13.0 Å². The van der Waals surface area contributed by atoms with E-state index in [4.69, 9.17) is 9.47 Å². The Morgan fingerprint density at radius 2 is 1.89 bits per heavy atom. The lowest BCUT2D eigenvalue weighted by atomic mass is 10.1. The predicted molar refractivity (Wildman–Crippen MR) is 120 cm³/mol. The van der Waals surface area contributed by atoms with E-state index in [9.17, 15) is 0 Å². The lowest BCUT2D eigenvalue weighted by Crippen LogP contribution is -2.38. The van der Waals surface area contributed by atoms with Crippen molar-refractivity contribution < 1.29 is 9.47 Å². The fraction of sp³-hybridized carbons (Fsp3) is 0.400. The molecule has 0 aliphatic heterocycles. The van der Waals surface area contributed by atoms with E-state index in [0.717, 1.165) is 36.8 Å². The zero-order valence-electron chi connectivity index (χ0n) is 16.2. The van der Waals surface area contributed by atoms with Gasteiger partial charge in [-0.15, -0.1) is 24.0 Å². The minimum Gasteiger partial charge on any atom is -0.497 e. The summed E-state index contributed by atoms with van der Waals surface area (Å²) in [6.07, 6.45) is 2.64. The van der Waals surface area contributed by atoms with Crippen molar-refractivity contribution in [3.8, 4) is 11.6 Å². The summed E-state index contributed by atoms with van der Waals surface area (Å²) in [7, 11) is 1.68. The topological polar surface area (TPSA) is 67.8 Å². The van der Waals surface area contributed by atoms with Gasteiger partial charge < -0.3 is 20.1 Å². The first kappa shape index (κ1) is 23.0. The summed E-state index contributed by atoms with van der Waals surface area (Å²) < 4.78 is 10.7. The zero-order valence-corrected chi connectivity index (χ0v) is 18.5. The number of ether oxygens (including phenoxy) is 2. The van der Waals surface area contributed by atoms with Gasteiger partial charge in [0.1, 0.15) is 5.75 Å². The molecular weight excluding hydrogens is 455 g/mol. The van der Waals surface area contributed by atoms with Crippen LogP contribution in [0.3, 0.4) is 0 Å². The molecule has 2 aromatic rings. The van der Waals surface area contributed by atoms with Crippen LogP contribution in [0.5, 0.6) is 11.6 Å². The molecule has 0 spiro atoms. The summed E-state index contributed by atoms with van der Waals surface area (Å²) in [5, 5.41) is 6.63. The van der Waals surface area contributed by atoms with Gasteiger partial charge in [0.25, 0.3) is 0 Å². The Hall–Kier alpha value is -2.03. The molecule has 2 rings (SSSR count). The number of nitrogens with zero attached hydrogens (tertiary/aromatic N) is 2. The van der Waals surface area contributed by atoms with Gasteiger partial charge in [-0.2, -0.15) is 0 Å². The Kier molecular flexibility index (Phi) is 11.2. The molecule has 148 valence electrons. The van der Waals surface area contributed by atoms with E-state index in [1.54, 1.807) is 13.3 Å². The third-order valence-corrected chi connectivity index (χ3v) is 3.75. The predicted octanol–water partition coefficient (Wildman–Crippen LogP) is 3.40. The fourth-order valence-corrected chi connectivity index (χ4v) is 2.43. The number of aliphatic imine (C=N–C) groups is 1. The van der Waals surface area contributed by atoms with Gasteiger partial charge in [-0.1, -0.05) is 18.2 Å². The number of hydrogen-bond donors (Lipinski definition) is 2. The van der Waals surface area contributed by atoms with Crippen LogP contribution >= 0.6 is 24.0 Å². The van der Waals surface area contributed by atoms with Crippen LogP contribution in [0.4, 0.5) is 0 Å². The summed E-state index contributed by atoms with van der Waals surface area (Å²) >= 11 is 0. The van der Waals surface area contributed by atoms with Crippen LogP contribution in [-0.4, -0.2) is 37.7 Å². The third kappa shape index (κ3) is 8.03. The van der Waals surface area contributed by atoms with Crippen molar-refractivity contribution in [1.82, 2.24) is 15.6 Å². The number of halogens is 1. The number of pyridine rings is 1. The van der Waals surface area contributed by atoms with Gasteiger partial charge in [-0.3, -0.25) is 0 Å². The van der Waals surface area contributed by atoms with Crippen molar-refractivity contribution >= 4 is 29.9 Å². The van der Waals surface area contributed by atoms with Crippen LogP contribution in [0.2, 0.25) is 0 Å². The Labute approximate surface area is 178 Å². The van der Waals surface area contributed by atoms with Crippen LogP contribution in [0.25, 0.3) is 0 Å². The van der Waals surface area contributed by atoms with E-state index in [1.165, 1.54) is 5.56 Å². The molecule has 0 fully saturated rings. The van der Waals surface area contributed by atoms with Crippen molar-refractivity contribution in [2.45, 2.75) is 26.8 Å². The maximum atomic E-state index is 5.56. The standard InChI is InChI=1S/C20H28N4O2.HI/c1-4-21-20(23-14-12-16-8-10-18(25-3)11-9-16)24-15-17-7-6-13-22-19(17)26-5-2;/h6-11,13H,4-5,12,14-15H2,1-3H3,(H2,21,23,24);1H. The number of methoxy groups -OCH3 is 1. The van der Waals surface area contributed by atoms with Crippen LogP contribution < -0.4 is 20.1 Å². The van der Waals surface area contributed by atoms with E-state index in [-0.39, 0.29) is 24.0 Å². The second-order valence-corrected chi connectivity index (χ2v) is 5.62. The number of aromatic nitrogens is 1. The van der Waals surface area contributed by atoms with Gasteiger partial charge in [0.05, 0.1) is 20.3 Å². The highest BCUT2D eigenvalue weighted by Gasteiger charge is 2.04. The molecular formula is C20H29IN4O2.